The lowest BCUT2D eigenvalue weighted by molar-refractivity contribution is 0.442. The van der Waals surface area contributed by atoms with Crippen molar-refractivity contribution in [2.75, 3.05) is 14.7 Å². The van der Waals surface area contributed by atoms with Crippen molar-refractivity contribution in [1.82, 2.24) is 0 Å². The molecule has 2 saturated carbocycles. The Morgan fingerprint density at radius 3 is 1.13 bits per heavy atom. The van der Waals surface area contributed by atoms with Crippen molar-refractivity contribution < 1.29 is 8.83 Å². The van der Waals surface area contributed by atoms with Gasteiger partial charge in [0, 0.05) is 49.4 Å². The molecule has 1 aliphatic heterocycles. The van der Waals surface area contributed by atoms with E-state index in [4.69, 9.17) is 8.83 Å². The first-order valence-electron chi connectivity index (χ1n) is 34.3. The molecule has 3 heterocycles. The van der Waals surface area contributed by atoms with Crippen LogP contribution in [0.25, 0.3) is 76.5 Å². The summed E-state index contributed by atoms with van der Waals surface area (Å²) in [6.07, 6.45) is 12.4. The highest BCUT2D eigenvalue weighted by molar-refractivity contribution is 6.21. The molecule has 0 bridgehead atoms. The van der Waals surface area contributed by atoms with Gasteiger partial charge in [-0.05, 0) is 178 Å². The second-order valence-electron chi connectivity index (χ2n) is 27.1. The Bertz CT molecular complexity index is 5220. The molecule has 5 nitrogen and oxygen atoms in total. The minimum Gasteiger partial charge on any atom is -0.454 e. The minimum atomic E-state index is -0.893. The summed E-state index contributed by atoms with van der Waals surface area (Å²) in [4.78, 5) is 7.60. The van der Waals surface area contributed by atoms with Crippen molar-refractivity contribution in [3.8, 4) is 11.1 Å². The normalized spacial score (nSPS) is 15.3. The quantitative estimate of drug-likeness (QED) is 0.144. The van der Waals surface area contributed by atoms with Gasteiger partial charge in [-0.3, -0.25) is 0 Å². The summed E-state index contributed by atoms with van der Waals surface area (Å²) >= 11 is 0. The van der Waals surface area contributed by atoms with Gasteiger partial charge in [0.15, 0.2) is 11.2 Å². The summed E-state index contributed by atoms with van der Waals surface area (Å²) in [6.45, 7) is 4.52. The fraction of sp³-hybridized carbons (Fsp3) is 0.169. The Morgan fingerprint density at radius 1 is 0.309 bits per heavy atom. The van der Waals surface area contributed by atoms with Crippen molar-refractivity contribution in [2.24, 2.45) is 0 Å². The first kappa shape index (κ1) is 55.1. The van der Waals surface area contributed by atoms with Crippen LogP contribution in [0.2, 0.25) is 0 Å². The second-order valence-corrected chi connectivity index (χ2v) is 27.1. The third-order valence-electron chi connectivity index (χ3n) is 22.1. The predicted molar refractivity (Wildman–Crippen MR) is 392 cm³/mol. The average molecular weight is 1210 g/mol. The number of nitrogens with zero attached hydrogens (tertiary/aromatic N) is 3. The van der Waals surface area contributed by atoms with Gasteiger partial charge in [-0.25, -0.2) is 0 Å². The number of aryl methyl sites for hydroxylation is 2. The number of anilines is 9. The van der Waals surface area contributed by atoms with Gasteiger partial charge in [-0.1, -0.05) is 239 Å². The number of fused-ring (bicyclic) bond motifs is 19. The van der Waals surface area contributed by atoms with Crippen molar-refractivity contribution in [3.05, 3.63) is 305 Å². The molecule has 5 heteroatoms. The molecule has 2 aromatic heterocycles. The van der Waals surface area contributed by atoms with Crippen LogP contribution < -0.4 is 14.7 Å². The highest BCUT2D eigenvalue weighted by Crippen LogP contribution is 2.68. The van der Waals surface area contributed by atoms with Crippen molar-refractivity contribution in [1.29, 1.82) is 0 Å². The van der Waals surface area contributed by atoms with Gasteiger partial charge in [0.1, 0.15) is 11.2 Å². The zero-order chi connectivity index (χ0) is 62.2. The molecule has 19 rings (SSSR count). The highest BCUT2D eigenvalue weighted by atomic mass is 16.3. The topological polar surface area (TPSA) is 36.0 Å². The summed E-state index contributed by atoms with van der Waals surface area (Å²) < 4.78 is 15.1. The zero-order valence-electron chi connectivity index (χ0n) is 53.2. The van der Waals surface area contributed by atoms with Crippen molar-refractivity contribution in [3.63, 3.8) is 0 Å². The zero-order valence-corrected chi connectivity index (χ0v) is 53.2. The molecule has 0 atom stereocenters. The molecule has 2 fully saturated rings. The predicted octanol–water partition coefficient (Wildman–Crippen LogP) is 25.6. The second kappa shape index (κ2) is 21.7. The monoisotopic (exact) mass is 1210 g/mol. The number of rotatable bonds is 9. The lowest BCUT2D eigenvalue weighted by atomic mass is 9.64. The molecule has 15 aromatic rings. The van der Waals surface area contributed by atoms with Crippen LogP contribution in [-0.2, 0) is 5.41 Å². The van der Waals surface area contributed by atoms with Gasteiger partial charge in [0.2, 0.25) is 0 Å². The molecular weight excluding hydrogens is 1140 g/mol. The summed E-state index contributed by atoms with van der Waals surface area (Å²) in [6, 6.07) is 98.5. The SMILES string of the molecule is Cc1ccccc1N(c1cc2c(c3ccccc13)-c1c(cc(N(c3ccccc3C)c3cccc4c3oc3c(C5CCCCC5)cccc34)c3ccccc13)C21c2ccccc2N(c2ccccc2)c2ccccc21)c1cccc2c1oc1c(C3CCCCC3)cccc12. The first-order valence-corrected chi connectivity index (χ1v) is 34.3. The van der Waals surface area contributed by atoms with Gasteiger partial charge in [-0.2, -0.15) is 0 Å². The fourth-order valence-electron chi connectivity index (χ4n) is 17.9. The summed E-state index contributed by atoms with van der Waals surface area (Å²) in [5.74, 6) is 0.954. The van der Waals surface area contributed by atoms with E-state index >= 15 is 0 Å². The van der Waals surface area contributed by atoms with Gasteiger partial charge in [0.25, 0.3) is 0 Å². The van der Waals surface area contributed by atoms with Crippen LogP contribution in [0.15, 0.2) is 270 Å². The van der Waals surface area contributed by atoms with Gasteiger partial charge >= 0.3 is 0 Å². The van der Waals surface area contributed by atoms with Crippen LogP contribution in [0.5, 0.6) is 0 Å². The fourth-order valence-corrected chi connectivity index (χ4v) is 17.9. The highest BCUT2D eigenvalue weighted by Gasteiger charge is 2.54. The Labute approximate surface area is 548 Å². The van der Waals surface area contributed by atoms with E-state index in [-0.39, 0.29) is 0 Å². The van der Waals surface area contributed by atoms with Crippen LogP contribution in [0.3, 0.4) is 0 Å². The van der Waals surface area contributed by atoms with E-state index in [1.807, 2.05) is 0 Å². The first-order chi connectivity index (χ1) is 46.5. The lowest BCUT2D eigenvalue weighted by Gasteiger charge is -2.45. The van der Waals surface area contributed by atoms with E-state index in [2.05, 4.69) is 289 Å². The molecule has 0 unspecified atom stereocenters. The minimum absolute atomic E-state index is 0.477. The molecule has 0 saturated heterocycles. The van der Waals surface area contributed by atoms with Gasteiger partial charge < -0.3 is 23.5 Å². The van der Waals surface area contributed by atoms with E-state index in [0.29, 0.717) is 11.8 Å². The van der Waals surface area contributed by atoms with Gasteiger partial charge in [0.05, 0.1) is 39.5 Å². The third-order valence-corrected chi connectivity index (χ3v) is 22.1. The van der Waals surface area contributed by atoms with Crippen molar-refractivity contribution in [2.45, 2.75) is 95.3 Å². The van der Waals surface area contributed by atoms with E-state index < -0.39 is 5.41 Å². The van der Waals surface area contributed by atoms with E-state index in [1.165, 1.54) is 141 Å². The van der Waals surface area contributed by atoms with Crippen LogP contribution in [-0.4, -0.2) is 0 Å². The molecule has 4 aliphatic rings. The lowest BCUT2D eigenvalue weighted by Crippen LogP contribution is -2.36. The molecule has 94 heavy (non-hydrogen) atoms. The summed E-state index contributed by atoms with van der Waals surface area (Å²) in [5.41, 5.74) is 25.2. The molecule has 13 aromatic carbocycles. The van der Waals surface area contributed by atoms with Crippen LogP contribution in [0.4, 0.5) is 51.2 Å². The molecule has 0 N–H and O–H groups in total. The van der Waals surface area contributed by atoms with Gasteiger partial charge in [-0.15, -0.1) is 0 Å². The maximum atomic E-state index is 7.53. The third kappa shape index (κ3) is 8.06. The number of benzene rings is 13. The number of hydrogen-bond acceptors (Lipinski definition) is 5. The molecule has 0 radical (unpaired) electrons. The smallest absolute Gasteiger partial charge is 0.159 e. The van der Waals surface area contributed by atoms with E-state index in [1.54, 1.807) is 0 Å². The largest absolute Gasteiger partial charge is 0.454 e. The molecule has 454 valence electrons. The van der Waals surface area contributed by atoms with Crippen LogP contribution in [0.1, 0.15) is 121 Å². The standard InChI is InChI=1S/C89H71N3O2/c1-56-28-12-20-48-75(56)91(79-52-26-44-69-67-42-24-40-61(85(67)93-87(69)79)58-30-6-3-7-31-58)81-54-73-83(65-38-16-14-36-63(65)81)84-66-39-17-15-37-64(66)82(55-74(84)89(73)71-46-18-22-50-77(71)90(60-34-10-5-11-35-60)78-51-23-19-47-72(78)89)92(76-49-21-13-29-57(76)2)80-53-27-45-70-68-43-25-41-62(86(68)94-88(70)80)59-32-8-4-9-33-59/h5,10-29,34-55,58-59H,3-4,6-9,30-33H2,1-2H3. The Morgan fingerprint density at radius 2 is 0.670 bits per heavy atom. The molecular formula is C89H71N3O2. The average Bonchev–Trinajstić information content (AvgIpc) is 1.50. The van der Waals surface area contributed by atoms with E-state index in [0.717, 1.165) is 95.1 Å². The summed E-state index contributed by atoms with van der Waals surface area (Å²) in [7, 11) is 0. The maximum absolute atomic E-state index is 7.53. The number of hydrogen-bond donors (Lipinski definition) is 0. The van der Waals surface area contributed by atoms with Crippen LogP contribution >= 0.6 is 0 Å². The maximum Gasteiger partial charge on any atom is 0.159 e. The Kier molecular flexibility index (Phi) is 12.7. The van der Waals surface area contributed by atoms with E-state index in [9.17, 15) is 0 Å². The summed E-state index contributed by atoms with van der Waals surface area (Å²) in [5, 5.41) is 9.33. The molecule has 0 amide bonds. The van der Waals surface area contributed by atoms with Crippen LogP contribution in [0, 0.1) is 13.8 Å². The number of para-hydroxylation sites is 9. The Balaban J connectivity index is 0.944. The van der Waals surface area contributed by atoms with Crippen molar-refractivity contribution >= 4 is 117 Å². The molecule has 1 spiro atoms. The number of furan rings is 2. The Hall–Kier alpha value is -10.6. The molecule has 3 aliphatic carbocycles.